The quantitative estimate of drug-likeness (QED) is 0.597. The summed E-state index contributed by atoms with van der Waals surface area (Å²) in [6.07, 6.45) is 6.03. The first-order valence-electron chi connectivity index (χ1n) is 6.10. The second-order valence-corrected chi connectivity index (χ2v) is 4.35. The lowest BCUT2D eigenvalue weighted by Gasteiger charge is -2.35. The van der Waals surface area contributed by atoms with Crippen LogP contribution in [0.1, 0.15) is 32.6 Å². The molecule has 0 N–H and O–H groups in total. The highest BCUT2D eigenvalue weighted by atomic mass is 16.6. The molecule has 1 saturated heterocycles. The van der Waals surface area contributed by atoms with Crippen molar-refractivity contribution >= 4 is 11.5 Å². The molecule has 1 aliphatic heterocycles. The molecule has 0 aromatic carbocycles. The van der Waals surface area contributed by atoms with Gasteiger partial charge in [-0.05, 0) is 31.7 Å². The molecule has 1 aromatic heterocycles. The first kappa shape index (κ1) is 11.8. The molecule has 0 aliphatic carbocycles. The number of nitrogens with zero attached hydrogens (tertiary/aromatic N) is 3. The fourth-order valence-corrected chi connectivity index (χ4v) is 2.46. The molecule has 1 fully saturated rings. The maximum atomic E-state index is 11.0. The Morgan fingerprint density at radius 3 is 3.12 bits per heavy atom. The molecule has 0 bridgehead atoms. The highest BCUT2D eigenvalue weighted by molar-refractivity contribution is 5.58. The van der Waals surface area contributed by atoms with Crippen molar-refractivity contribution in [1.29, 1.82) is 0 Å². The number of rotatable bonds is 3. The third-order valence-corrected chi connectivity index (χ3v) is 3.33. The zero-order valence-corrected chi connectivity index (χ0v) is 10.0. The minimum atomic E-state index is -0.344. The van der Waals surface area contributed by atoms with Crippen LogP contribution >= 0.6 is 0 Å². The Morgan fingerprint density at radius 2 is 2.41 bits per heavy atom. The summed E-state index contributed by atoms with van der Waals surface area (Å²) in [5.74, 6) is 0.532. The molecule has 2 rings (SSSR count). The van der Waals surface area contributed by atoms with E-state index in [2.05, 4.69) is 16.8 Å². The molecule has 0 saturated carbocycles. The SMILES string of the molecule is CCC1CCCCN1c1ncccc1[N+](=O)[O-]. The molecule has 1 aromatic rings. The predicted octanol–water partition coefficient (Wildman–Crippen LogP) is 2.76. The van der Waals surface area contributed by atoms with Gasteiger partial charge in [0.15, 0.2) is 0 Å². The summed E-state index contributed by atoms with van der Waals surface area (Å²) in [6.45, 7) is 2.99. The molecule has 1 aliphatic rings. The van der Waals surface area contributed by atoms with Crippen LogP contribution in [0.5, 0.6) is 0 Å². The average molecular weight is 235 g/mol. The third kappa shape index (κ3) is 2.38. The lowest BCUT2D eigenvalue weighted by Crippen LogP contribution is -2.40. The molecule has 17 heavy (non-hydrogen) atoms. The number of aromatic nitrogens is 1. The van der Waals surface area contributed by atoms with Gasteiger partial charge < -0.3 is 4.90 Å². The van der Waals surface area contributed by atoms with Gasteiger partial charge in [0, 0.05) is 24.8 Å². The van der Waals surface area contributed by atoms with E-state index in [4.69, 9.17) is 0 Å². The van der Waals surface area contributed by atoms with Crippen molar-refractivity contribution < 1.29 is 4.92 Å². The van der Waals surface area contributed by atoms with E-state index in [0.29, 0.717) is 11.9 Å². The third-order valence-electron chi connectivity index (χ3n) is 3.33. The van der Waals surface area contributed by atoms with Crippen LogP contribution in [0.2, 0.25) is 0 Å². The fourth-order valence-electron chi connectivity index (χ4n) is 2.46. The molecular formula is C12H17N3O2. The summed E-state index contributed by atoms with van der Waals surface area (Å²) in [5.41, 5.74) is 0.118. The maximum Gasteiger partial charge on any atom is 0.311 e. The second kappa shape index (κ2) is 5.12. The standard InChI is InChI=1S/C12H17N3O2/c1-2-10-6-3-4-9-14(10)12-11(15(16)17)7-5-8-13-12/h5,7-8,10H,2-4,6,9H2,1H3. The van der Waals surface area contributed by atoms with Crippen LogP contribution in [0.25, 0.3) is 0 Å². The molecule has 0 radical (unpaired) electrons. The first-order valence-corrected chi connectivity index (χ1v) is 6.10. The van der Waals surface area contributed by atoms with Gasteiger partial charge in [-0.15, -0.1) is 0 Å². The van der Waals surface area contributed by atoms with Crippen molar-refractivity contribution in [1.82, 2.24) is 4.98 Å². The van der Waals surface area contributed by atoms with Crippen molar-refractivity contribution in [2.24, 2.45) is 0 Å². The van der Waals surface area contributed by atoms with Gasteiger partial charge in [-0.25, -0.2) is 4.98 Å². The monoisotopic (exact) mass is 235 g/mol. The van der Waals surface area contributed by atoms with Crippen LogP contribution in [0.3, 0.4) is 0 Å². The van der Waals surface area contributed by atoms with E-state index in [-0.39, 0.29) is 10.6 Å². The molecule has 1 atom stereocenters. The van der Waals surface area contributed by atoms with Crippen LogP contribution in [0.4, 0.5) is 11.5 Å². The molecule has 5 nitrogen and oxygen atoms in total. The molecular weight excluding hydrogens is 218 g/mol. The Balaban J connectivity index is 2.34. The highest BCUT2D eigenvalue weighted by Gasteiger charge is 2.27. The van der Waals surface area contributed by atoms with Gasteiger partial charge in [0.05, 0.1) is 4.92 Å². The van der Waals surface area contributed by atoms with Gasteiger partial charge in [0.1, 0.15) is 0 Å². The van der Waals surface area contributed by atoms with Crippen molar-refractivity contribution in [2.45, 2.75) is 38.6 Å². The zero-order valence-electron chi connectivity index (χ0n) is 10.0. The topological polar surface area (TPSA) is 59.3 Å². The Kier molecular flexibility index (Phi) is 3.56. The summed E-state index contributed by atoms with van der Waals surface area (Å²) in [6, 6.07) is 3.54. The van der Waals surface area contributed by atoms with Gasteiger partial charge in [-0.3, -0.25) is 10.1 Å². The Hall–Kier alpha value is -1.65. The normalized spacial score (nSPS) is 20.3. The Labute approximate surface area is 101 Å². The van der Waals surface area contributed by atoms with E-state index in [0.717, 1.165) is 25.8 Å². The molecule has 0 spiro atoms. The van der Waals surface area contributed by atoms with Gasteiger partial charge >= 0.3 is 5.69 Å². The summed E-state index contributed by atoms with van der Waals surface area (Å²) >= 11 is 0. The lowest BCUT2D eigenvalue weighted by molar-refractivity contribution is -0.384. The lowest BCUT2D eigenvalue weighted by atomic mass is 10.00. The molecule has 92 valence electrons. The smallest absolute Gasteiger partial charge is 0.311 e. The van der Waals surface area contributed by atoms with E-state index >= 15 is 0 Å². The van der Waals surface area contributed by atoms with Gasteiger partial charge in [-0.1, -0.05) is 6.92 Å². The first-order chi connectivity index (χ1) is 8.24. The van der Waals surface area contributed by atoms with E-state index in [1.807, 2.05) is 0 Å². The van der Waals surface area contributed by atoms with Crippen LogP contribution in [-0.2, 0) is 0 Å². The molecule has 0 amide bonds. The number of hydrogen-bond acceptors (Lipinski definition) is 4. The van der Waals surface area contributed by atoms with Gasteiger partial charge in [0.25, 0.3) is 0 Å². The van der Waals surface area contributed by atoms with Crippen molar-refractivity contribution in [3.63, 3.8) is 0 Å². The average Bonchev–Trinajstić information content (AvgIpc) is 2.38. The van der Waals surface area contributed by atoms with Crippen LogP contribution in [0.15, 0.2) is 18.3 Å². The zero-order chi connectivity index (χ0) is 12.3. The maximum absolute atomic E-state index is 11.0. The van der Waals surface area contributed by atoms with Crippen molar-refractivity contribution in [3.05, 3.63) is 28.4 Å². The van der Waals surface area contributed by atoms with Crippen LogP contribution in [-0.4, -0.2) is 22.5 Å². The fraction of sp³-hybridized carbons (Fsp3) is 0.583. The number of nitro groups is 1. The minimum Gasteiger partial charge on any atom is -0.348 e. The number of hydrogen-bond donors (Lipinski definition) is 0. The Morgan fingerprint density at radius 1 is 1.59 bits per heavy atom. The largest absolute Gasteiger partial charge is 0.348 e. The molecule has 5 heteroatoms. The summed E-state index contributed by atoms with van der Waals surface area (Å²) in [7, 11) is 0. The van der Waals surface area contributed by atoms with Gasteiger partial charge in [0.2, 0.25) is 5.82 Å². The highest BCUT2D eigenvalue weighted by Crippen LogP contribution is 2.31. The van der Waals surface area contributed by atoms with E-state index < -0.39 is 0 Å². The summed E-state index contributed by atoms with van der Waals surface area (Å²) < 4.78 is 0. The predicted molar refractivity (Wildman–Crippen MR) is 66.2 cm³/mol. The van der Waals surface area contributed by atoms with Gasteiger partial charge in [-0.2, -0.15) is 0 Å². The summed E-state index contributed by atoms with van der Waals surface area (Å²) in [5, 5.41) is 11.0. The number of piperidine rings is 1. The van der Waals surface area contributed by atoms with Crippen LogP contribution in [0, 0.1) is 10.1 Å². The van der Waals surface area contributed by atoms with Crippen molar-refractivity contribution in [2.75, 3.05) is 11.4 Å². The Bertz CT molecular complexity index is 408. The minimum absolute atomic E-state index is 0.118. The van der Waals surface area contributed by atoms with Crippen molar-refractivity contribution in [3.8, 4) is 0 Å². The summed E-state index contributed by atoms with van der Waals surface area (Å²) in [4.78, 5) is 17.0. The second-order valence-electron chi connectivity index (χ2n) is 4.35. The number of anilines is 1. The van der Waals surface area contributed by atoms with E-state index in [1.54, 1.807) is 12.3 Å². The number of pyridine rings is 1. The van der Waals surface area contributed by atoms with E-state index in [9.17, 15) is 10.1 Å². The van der Waals surface area contributed by atoms with E-state index in [1.165, 1.54) is 12.5 Å². The molecule has 1 unspecified atom stereocenters. The van der Waals surface area contributed by atoms with Crippen LogP contribution < -0.4 is 4.90 Å². The molecule has 2 heterocycles.